The van der Waals surface area contributed by atoms with Crippen LogP contribution < -0.4 is 10.6 Å². The number of nitrogens with zero attached hydrogens (tertiary/aromatic N) is 3. The minimum absolute atomic E-state index is 0.529. The van der Waals surface area contributed by atoms with Gasteiger partial charge in [0.1, 0.15) is 0 Å². The quantitative estimate of drug-likeness (QED) is 0.820. The maximum absolute atomic E-state index is 5.76. The van der Waals surface area contributed by atoms with Crippen molar-refractivity contribution < 1.29 is 0 Å². The van der Waals surface area contributed by atoms with Gasteiger partial charge >= 0.3 is 0 Å². The molecule has 2 aliphatic rings. The third kappa shape index (κ3) is 2.03. The van der Waals surface area contributed by atoms with Crippen LogP contribution in [0.2, 0.25) is 0 Å². The van der Waals surface area contributed by atoms with Gasteiger partial charge in [0.05, 0.1) is 11.4 Å². The predicted octanol–water partition coefficient (Wildman–Crippen LogP) is 0.825. The maximum Gasteiger partial charge on any atom is 0.0772 e. The van der Waals surface area contributed by atoms with Crippen LogP contribution in [0.15, 0.2) is 18.3 Å². The van der Waals surface area contributed by atoms with Crippen LogP contribution in [-0.4, -0.2) is 42.1 Å². The lowest BCUT2D eigenvalue weighted by atomic mass is 10.1. The van der Waals surface area contributed by atoms with Gasteiger partial charge in [-0.05, 0) is 31.5 Å². The highest BCUT2D eigenvalue weighted by atomic mass is 15.3. The third-order valence-corrected chi connectivity index (χ3v) is 3.99. The van der Waals surface area contributed by atoms with E-state index in [1.807, 2.05) is 12.3 Å². The largest absolute Gasteiger partial charge is 0.367 e. The van der Waals surface area contributed by atoms with Gasteiger partial charge in [0.15, 0.2) is 0 Å². The Kier molecular flexibility index (Phi) is 2.99. The maximum atomic E-state index is 5.76. The average molecular weight is 232 g/mol. The number of hydrogen-bond donors (Lipinski definition) is 1. The van der Waals surface area contributed by atoms with E-state index in [0.29, 0.717) is 6.54 Å². The summed E-state index contributed by atoms with van der Waals surface area (Å²) in [5, 5.41) is 0. The fourth-order valence-corrected chi connectivity index (χ4v) is 3.08. The second-order valence-corrected chi connectivity index (χ2v) is 4.95. The highest BCUT2D eigenvalue weighted by Crippen LogP contribution is 2.26. The van der Waals surface area contributed by atoms with Crippen LogP contribution in [0.5, 0.6) is 0 Å². The lowest BCUT2D eigenvalue weighted by Gasteiger charge is -2.39. The molecule has 92 valence electrons. The summed E-state index contributed by atoms with van der Waals surface area (Å²) in [5.74, 6) is 0. The zero-order valence-electron chi connectivity index (χ0n) is 10.2. The normalized spacial score (nSPS) is 25.0. The molecule has 1 aromatic heterocycles. The monoisotopic (exact) mass is 232 g/mol. The van der Waals surface area contributed by atoms with Crippen molar-refractivity contribution in [2.75, 3.05) is 31.1 Å². The molecule has 3 heterocycles. The molecule has 1 atom stereocenters. The first-order valence-corrected chi connectivity index (χ1v) is 6.51. The fourth-order valence-electron chi connectivity index (χ4n) is 3.08. The van der Waals surface area contributed by atoms with Gasteiger partial charge in [-0.25, -0.2) is 0 Å². The highest BCUT2D eigenvalue weighted by molar-refractivity contribution is 5.51. The highest BCUT2D eigenvalue weighted by Gasteiger charge is 2.31. The molecule has 2 N–H and O–H groups in total. The number of anilines is 1. The first-order chi connectivity index (χ1) is 8.38. The lowest BCUT2D eigenvalue weighted by molar-refractivity contribution is 0.230. The Balaban J connectivity index is 1.80. The summed E-state index contributed by atoms with van der Waals surface area (Å²) in [6.45, 7) is 5.24. The molecule has 4 heteroatoms. The Morgan fingerprint density at radius 1 is 1.35 bits per heavy atom. The molecular formula is C13H20N4. The van der Waals surface area contributed by atoms with E-state index >= 15 is 0 Å². The van der Waals surface area contributed by atoms with E-state index in [1.165, 1.54) is 31.6 Å². The molecule has 3 rings (SSSR count). The summed E-state index contributed by atoms with van der Waals surface area (Å²) in [6.07, 6.45) is 4.53. The van der Waals surface area contributed by atoms with Crippen molar-refractivity contribution in [3.63, 3.8) is 0 Å². The Labute approximate surface area is 102 Å². The molecule has 1 aromatic rings. The van der Waals surface area contributed by atoms with Gasteiger partial charge in [-0.15, -0.1) is 0 Å². The van der Waals surface area contributed by atoms with Crippen LogP contribution in [0.25, 0.3) is 0 Å². The predicted molar refractivity (Wildman–Crippen MR) is 68.9 cm³/mol. The number of nitrogens with two attached hydrogens (primary N) is 1. The third-order valence-electron chi connectivity index (χ3n) is 3.99. The molecule has 17 heavy (non-hydrogen) atoms. The van der Waals surface area contributed by atoms with Crippen molar-refractivity contribution in [2.24, 2.45) is 5.73 Å². The molecule has 0 spiro atoms. The van der Waals surface area contributed by atoms with E-state index in [-0.39, 0.29) is 0 Å². The van der Waals surface area contributed by atoms with Gasteiger partial charge < -0.3 is 10.6 Å². The van der Waals surface area contributed by atoms with Crippen LogP contribution in [0.3, 0.4) is 0 Å². The van der Waals surface area contributed by atoms with E-state index < -0.39 is 0 Å². The molecule has 0 saturated carbocycles. The van der Waals surface area contributed by atoms with E-state index in [0.717, 1.165) is 24.8 Å². The van der Waals surface area contributed by atoms with Gasteiger partial charge in [-0.2, -0.15) is 0 Å². The van der Waals surface area contributed by atoms with Gasteiger partial charge in [0.2, 0.25) is 0 Å². The van der Waals surface area contributed by atoms with Crippen molar-refractivity contribution in [3.05, 3.63) is 24.0 Å². The minimum atomic E-state index is 0.529. The van der Waals surface area contributed by atoms with Crippen LogP contribution in [0.4, 0.5) is 5.69 Å². The van der Waals surface area contributed by atoms with Gasteiger partial charge in [0, 0.05) is 38.4 Å². The summed E-state index contributed by atoms with van der Waals surface area (Å²) < 4.78 is 0. The molecule has 2 fully saturated rings. The molecular weight excluding hydrogens is 212 g/mol. The van der Waals surface area contributed by atoms with Crippen LogP contribution in [0, 0.1) is 0 Å². The molecule has 2 aliphatic heterocycles. The van der Waals surface area contributed by atoms with Crippen LogP contribution >= 0.6 is 0 Å². The van der Waals surface area contributed by atoms with Crippen LogP contribution in [0.1, 0.15) is 18.5 Å². The standard InChI is InChI=1S/C13H20N4/c14-9-12-13(4-1-5-15-12)17-8-7-16-6-2-3-11(16)10-17/h1,4-5,11H,2-3,6-10,14H2. The van der Waals surface area contributed by atoms with Gasteiger partial charge in [-0.1, -0.05) is 0 Å². The second-order valence-electron chi connectivity index (χ2n) is 4.95. The summed E-state index contributed by atoms with van der Waals surface area (Å²) in [6, 6.07) is 4.91. The van der Waals surface area contributed by atoms with E-state index in [9.17, 15) is 0 Å². The van der Waals surface area contributed by atoms with Gasteiger partial charge in [0.25, 0.3) is 0 Å². The first-order valence-electron chi connectivity index (χ1n) is 6.51. The van der Waals surface area contributed by atoms with Gasteiger partial charge in [-0.3, -0.25) is 9.88 Å². The topological polar surface area (TPSA) is 45.4 Å². The number of piperazine rings is 1. The van der Waals surface area contributed by atoms with E-state index in [4.69, 9.17) is 5.73 Å². The van der Waals surface area contributed by atoms with E-state index in [1.54, 1.807) is 0 Å². The summed E-state index contributed by atoms with van der Waals surface area (Å²) in [4.78, 5) is 9.46. The second kappa shape index (κ2) is 4.63. The zero-order valence-corrected chi connectivity index (χ0v) is 10.2. The molecule has 0 aromatic carbocycles. The summed E-state index contributed by atoms with van der Waals surface area (Å²) >= 11 is 0. The van der Waals surface area contributed by atoms with Crippen molar-refractivity contribution >= 4 is 5.69 Å². The Morgan fingerprint density at radius 2 is 2.29 bits per heavy atom. The SMILES string of the molecule is NCc1ncccc1N1CCN2CCCC2C1. The molecule has 2 saturated heterocycles. The van der Waals surface area contributed by atoms with Crippen molar-refractivity contribution in [3.8, 4) is 0 Å². The zero-order chi connectivity index (χ0) is 11.7. The number of fused-ring (bicyclic) bond motifs is 1. The Bertz CT molecular complexity index is 393. The fraction of sp³-hybridized carbons (Fsp3) is 0.615. The van der Waals surface area contributed by atoms with Crippen molar-refractivity contribution in [1.29, 1.82) is 0 Å². The Hall–Kier alpha value is -1.13. The lowest BCUT2D eigenvalue weighted by Crippen LogP contribution is -2.50. The first kappa shape index (κ1) is 11.0. The summed E-state index contributed by atoms with van der Waals surface area (Å²) in [7, 11) is 0. The number of hydrogen-bond acceptors (Lipinski definition) is 4. The number of rotatable bonds is 2. The van der Waals surface area contributed by atoms with Crippen LogP contribution in [-0.2, 0) is 6.54 Å². The van der Waals surface area contributed by atoms with E-state index in [2.05, 4.69) is 20.9 Å². The average Bonchev–Trinajstić information content (AvgIpc) is 2.85. The number of pyridine rings is 1. The number of aromatic nitrogens is 1. The summed E-state index contributed by atoms with van der Waals surface area (Å²) in [5.41, 5.74) is 8.03. The molecule has 0 radical (unpaired) electrons. The smallest absolute Gasteiger partial charge is 0.0772 e. The Morgan fingerprint density at radius 3 is 3.18 bits per heavy atom. The van der Waals surface area contributed by atoms with Crippen molar-refractivity contribution in [1.82, 2.24) is 9.88 Å². The van der Waals surface area contributed by atoms with Crippen molar-refractivity contribution in [2.45, 2.75) is 25.4 Å². The molecule has 0 amide bonds. The molecule has 0 bridgehead atoms. The molecule has 0 aliphatic carbocycles. The molecule has 1 unspecified atom stereocenters. The molecule has 4 nitrogen and oxygen atoms in total. The minimum Gasteiger partial charge on any atom is -0.367 e.